The quantitative estimate of drug-likeness (QED) is 0.847. The first-order valence-electron chi connectivity index (χ1n) is 7.82. The molecule has 0 bridgehead atoms. The van der Waals surface area contributed by atoms with Gasteiger partial charge in [-0.15, -0.1) is 0 Å². The number of para-hydroxylation sites is 1. The third-order valence-corrected chi connectivity index (χ3v) is 3.70. The van der Waals surface area contributed by atoms with E-state index in [1.54, 1.807) is 14.2 Å². The summed E-state index contributed by atoms with van der Waals surface area (Å²) in [5.41, 5.74) is 3.88. The van der Waals surface area contributed by atoms with Gasteiger partial charge in [0, 0.05) is 24.9 Å². The van der Waals surface area contributed by atoms with E-state index < -0.39 is 0 Å². The molecule has 0 saturated carbocycles. The average molecular weight is 328 g/mol. The molecule has 1 atom stereocenters. The molecule has 0 heterocycles. The summed E-state index contributed by atoms with van der Waals surface area (Å²) in [4.78, 5) is 12.1. The van der Waals surface area contributed by atoms with Crippen molar-refractivity contribution in [1.82, 2.24) is 5.32 Å². The summed E-state index contributed by atoms with van der Waals surface area (Å²) in [5.74, 6) is 0.737. The van der Waals surface area contributed by atoms with Gasteiger partial charge in [-0.1, -0.05) is 24.3 Å². The number of urea groups is 1. The highest BCUT2D eigenvalue weighted by Gasteiger charge is 2.16. The van der Waals surface area contributed by atoms with Crippen LogP contribution in [0.4, 0.5) is 10.5 Å². The van der Waals surface area contributed by atoms with Crippen molar-refractivity contribution in [2.75, 3.05) is 26.1 Å². The van der Waals surface area contributed by atoms with E-state index in [0.29, 0.717) is 6.54 Å². The summed E-state index contributed by atoms with van der Waals surface area (Å²) >= 11 is 0. The van der Waals surface area contributed by atoms with Crippen molar-refractivity contribution in [3.05, 3.63) is 59.2 Å². The maximum Gasteiger partial charge on any atom is 0.319 e. The van der Waals surface area contributed by atoms with Gasteiger partial charge in [-0.3, -0.25) is 0 Å². The van der Waals surface area contributed by atoms with Crippen molar-refractivity contribution in [3.63, 3.8) is 0 Å². The Morgan fingerprint density at radius 1 is 1.08 bits per heavy atom. The number of ether oxygens (including phenoxy) is 2. The second-order valence-electron chi connectivity index (χ2n) is 5.68. The van der Waals surface area contributed by atoms with Crippen LogP contribution in [0.15, 0.2) is 42.5 Å². The Morgan fingerprint density at radius 3 is 2.38 bits per heavy atom. The zero-order valence-electron chi connectivity index (χ0n) is 14.6. The van der Waals surface area contributed by atoms with Crippen LogP contribution in [0.3, 0.4) is 0 Å². The summed E-state index contributed by atoms with van der Waals surface area (Å²) in [5, 5.41) is 5.69. The predicted molar refractivity (Wildman–Crippen MR) is 95.7 cm³/mol. The molecule has 1 unspecified atom stereocenters. The van der Waals surface area contributed by atoms with E-state index in [1.165, 1.54) is 0 Å². The summed E-state index contributed by atoms with van der Waals surface area (Å²) < 4.78 is 10.8. The topological polar surface area (TPSA) is 59.6 Å². The molecule has 2 aromatic rings. The van der Waals surface area contributed by atoms with Gasteiger partial charge in [0.25, 0.3) is 0 Å². The van der Waals surface area contributed by atoms with Crippen molar-refractivity contribution in [1.29, 1.82) is 0 Å². The number of aryl methyl sites for hydroxylation is 2. The Hall–Kier alpha value is -2.53. The SMILES string of the molecule is COc1ccccc1C(CNC(=O)Nc1cc(C)cc(C)c1)OC. The van der Waals surface area contributed by atoms with Crippen LogP contribution in [0, 0.1) is 13.8 Å². The first kappa shape index (κ1) is 17.8. The Bertz CT molecular complexity index is 681. The fraction of sp³-hybridized carbons (Fsp3) is 0.316. The van der Waals surface area contributed by atoms with Gasteiger partial charge in [0.15, 0.2) is 0 Å². The smallest absolute Gasteiger partial charge is 0.319 e. The van der Waals surface area contributed by atoms with Crippen LogP contribution in [0.5, 0.6) is 5.75 Å². The number of hydrogen-bond donors (Lipinski definition) is 2. The highest BCUT2D eigenvalue weighted by molar-refractivity contribution is 5.89. The number of nitrogens with one attached hydrogen (secondary N) is 2. The van der Waals surface area contributed by atoms with E-state index in [2.05, 4.69) is 16.7 Å². The van der Waals surface area contributed by atoms with Gasteiger partial charge < -0.3 is 20.1 Å². The van der Waals surface area contributed by atoms with Gasteiger partial charge >= 0.3 is 6.03 Å². The molecule has 5 heteroatoms. The molecule has 2 rings (SSSR count). The molecule has 0 aliphatic rings. The lowest BCUT2D eigenvalue weighted by molar-refractivity contribution is 0.102. The summed E-state index contributed by atoms with van der Waals surface area (Å²) in [6.45, 7) is 4.34. The van der Waals surface area contributed by atoms with E-state index in [4.69, 9.17) is 9.47 Å². The van der Waals surface area contributed by atoms with Crippen molar-refractivity contribution in [3.8, 4) is 5.75 Å². The molecule has 2 amide bonds. The van der Waals surface area contributed by atoms with Gasteiger partial charge in [0.05, 0.1) is 7.11 Å². The van der Waals surface area contributed by atoms with E-state index in [9.17, 15) is 4.79 Å². The number of rotatable bonds is 6. The van der Waals surface area contributed by atoms with Crippen LogP contribution in [0.1, 0.15) is 22.8 Å². The first-order valence-corrected chi connectivity index (χ1v) is 7.82. The number of amides is 2. The molecule has 0 spiro atoms. The van der Waals surface area contributed by atoms with Crippen LogP contribution < -0.4 is 15.4 Å². The molecule has 0 aliphatic carbocycles. The molecular weight excluding hydrogens is 304 g/mol. The number of anilines is 1. The molecule has 5 nitrogen and oxygen atoms in total. The normalized spacial score (nSPS) is 11.7. The molecule has 24 heavy (non-hydrogen) atoms. The molecule has 2 aromatic carbocycles. The number of methoxy groups -OCH3 is 2. The zero-order chi connectivity index (χ0) is 17.5. The molecule has 0 aliphatic heterocycles. The Morgan fingerprint density at radius 2 is 1.75 bits per heavy atom. The average Bonchev–Trinajstić information content (AvgIpc) is 2.54. The maximum atomic E-state index is 12.1. The first-order chi connectivity index (χ1) is 11.5. The summed E-state index contributed by atoms with van der Waals surface area (Å²) in [7, 11) is 3.23. The van der Waals surface area contributed by atoms with Crippen molar-refractivity contribution in [2.45, 2.75) is 20.0 Å². The van der Waals surface area contributed by atoms with E-state index in [1.807, 2.05) is 50.2 Å². The van der Waals surface area contributed by atoms with E-state index >= 15 is 0 Å². The molecule has 0 radical (unpaired) electrons. The minimum Gasteiger partial charge on any atom is -0.496 e. The van der Waals surface area contributed by atoms with Crippen LogP contribution in [-0.2, 0) is 4.74 Å². The van der Waals surface area contributed by atoms with Crippen LogP contribution in [0.2, 0.25) is 0 Å². The lowest BCUT2D eigenvalue weighted by Gasteiger charge is -2.19. The fourth-order valence-corrected chi connectivity index (χ4v) is 2.66. The predicted octanol–water partition coefficient (Wildman–Crippen LogP) is 3.82. The second-order valence-corrected chi connectivity index (χ2v) is 5.68. The molecule has 2 N–H and O–H groups in total. The Labute approximate surface area is 143 Å². The third kappa shape index (κ3) is 4.73. The number of benzene rings is 2. The van der Waals surface area contributed by atoms with Gasteiger partial charge in [-0.25, -0.2) is 4.79 Å². The standard InChI is InChI=1S/C19H24N2O3/c1-13-9-14(2)11-15(10-13)21-19(22)20-12-18(24-4)16-7-5-6-8-17(16)23-3/h5-11,18H,12H2,1-4H3,(H2,20,21,22). The zero-order valence-corrected chi connectivity index (χ0v) is 14.6. The Balaban J connectivity index is 1.98. The van der Waals surface area contributed by atoms with Gasteiger partial charge in [-0.2, -0.15) is 0 Å². The highest BCUT2D eigenvalue weighted by atomic mass is 16.5. The van der Waals surface area contributed by atoms with Crippen molar-refractivity contribution in [2.24, 2.45) is 0 Å². The van der Waals surface area contributed by atoms with Crippen LogP contribution in [-0.4, -0.2) is 26.8 Å². The highest BCUT2D eigenvalue weighted by Crippen LogP contribution is 2.26. The lowest BCUT2D eigenvalue weighted by atomic mass is 10.1. The summed E-state index contributed by atoms with van der Waals surface area (Å²) in [6, 6.07) is 13.3. The molecule has 0 saturated heterocycles. The molecule has 0 fully saturated rings. The fourth-order valence-electron chi connectivity index (χ4n) is 2.66. The maximum absolute atomic E-state index is 12.1. The van der Waals surface area contributed by atoms with Gasteiger partial charge in [0.2, 0.25) is 0 Å². The van der Waals surface area contributed by atoms with Crippen molar-refractivity contribution < 1.29 is 14.3 Å². The van der Waals surface area contributed by atoms with Gasteiger partial charge in [0.1, 0.15) is 11.9 Å². The minimum absolute atomic E-state index is 0.267. The van der Waals surface area contributed by atoms with Crippen molar-refractivity contribution >= 4 is 11.7 Å². The monoisotopic (exact) mass is 328 g/mol. The van der Waals surface area contributed by atoms with Gasteiger partial charge in [-0.05, 0) is 43.2 Å². The van der Waals surface area contributed by atoms with Crippen LogP contribution >= 0.6 is 0 Å². The molecule has 0 aromatic heterocycles. The minimum atomic E-state index is -0.286. The third-order valence-electron chi connectivity index (χ3n) is 3.70. The number of hydrogen-bond acceptors (Lipinski definition) is 3. The second kappa shape index (κ2) is 8.36. The lowest BCUT2D eigenvalue weighted by Crippen LogP contribution is -2.33. The largest absolute Gasteiger partial charge is 0.496 e. The number of carbonyl (C=O) groups is 1. The number of carbonyl (C=O) groups excluding carboxylic acids is 1. The van der Waals surface area contributed by atoms with Crippen LogP contribution in [0.25, 0.3) is 0 Å². The van der Waals surface area contributed by atoms with E-state index in [-0.39, 0.29) is 12.1 Å². The van der Waals surface area contributed by atoms with E-state index in [0.717, 1.165) is 28.1 Å². The molecular formula is C19H24N2O3. The Kier molecular flexibility index (Phi) is 6.21. The molecule has 128 valence electrons. The summed E-state index contributed by atoms with van der Waals surface area (Å²) in [6.07, 6.45) is -0.286.